The van der Waals surface area contributed by atoms with Crippen LogP contribution in [0.3, 0.4) is 0 Å². The van der Waals surface area contributed by atoms with Crippen molar-refractivity contribution < 1.29 is 17.7 Å². The summed E-state index contributed by atoms with van der Waals surface area (Å²) in [6.45, 7) is 20.5. The van der Waals surface area contributed by atoms with Gasteiger partial charge in [0.25, 0.3) is 0 Å². The van der Waals surface area contributed by atoms with E-state index in [0.29, 0.717) is 10.0 Å². The Bertz CT molecular complexity index is 9220. The van der Waals surface area contributed by atoms with Gasteiger partial charge in [-0.05, 0) is 278 Å². The molecule has 0 saturated carbocycles. The molecule has 0 saturated heterocycles. The van der Waals surface area contributed by atoms with Crippen LogP contribution in [-0.4, -0.2) is 13.7 Å². The van der Waals surface area contributed by atoms with Crippen molar-refractivity contribution in [2.75, 3.05) is 9.80 Å². The Morgan fingerprint density at radius 1 is 0.200 bits per heavy atom. The maximum Gasteiger partial charge on any atom is 0.137 e. The molecule has 11 heteroatoms. The molecule has 27 rings (SSSR count). The third-order valence-electron chi connectivity index (χ3n) is 28.2. The highest BCUT2D eigenvalue weighted by atomic mass is 35.5. The van der Waals surface area contributed by atoms with Crippen LogP contribution in [0.5, 0.6) is 0 Å². The molecule has 20 aromatic carbocycles. The third-order valence-corrected chi connectivity index (χ3v) is 28.7. The number of rotatable bonds is 11. The maximum atomic E-state index is 6.89. The van der Waals surface area contributed by atoms with Crippen molar-refractivity contribution in [2.45, 2.75) is 85.0 Å². The summed E-state index contributed by atoms with van der Waals surface area (Å²) in [5, 5.41) is 21.7. The molecule has 7 aromatic heterocycles. The molecular weight excluding hydrogens is 1750 g/mol. The molecule has 0 aliphatic heterocycles. The number of halogens is 2. The Morgan fingerprint density at radius 2 is 0.479 bits per heavy atom. The second-order valence-corrected chi connectivity index (χ2v) is 41.2. The summed E-state index contributed by atoms with van der Waals surface area (Å²) in [6.07, 6.45) is 0.945. The molecule has 0 amide bonds. The molecule has 0 radical (unpaired) electrons. The molecular formula is C129H97Cl2N5O4. The van der Waals surface area contributed by atoms with Gasteiger partial charge >= 0.3 is 0 Å². The smallest absolute Gasteiger partial charge is 0.137 e. The number of nitrogens with zero attached hydrogens (tertiary/aromatic N) is 5. The van der Waals surface area contributed by atoms with E-state index < -0.39 is 0 Å². The molecule has 140 heavy (non-hydrogen) atoms. The van der Waals surface area contributed by atoms with Gasteiger partial charge in [-0.3, -0.25) is 0 Å². The van der Waals surface area contributed by atoms with Crippen LogP contribution >= 0.6 is 23.2 Å². The fourth-order valence-corrected chi connectivity index (χ4v) is 21.5. The van der Waals surface area contributed by atoms with Gasteiger partial charge in [-0.25, -0.2) is 0 Å². The normalized spacial score (nSPS) is 12.3. The minimum atomic E-state index is 0.00983. The zero-order chi connectivity index (χ0) is 94.7. The van der Waals surface area contributed by atoms with Gasteiger partial charge in [0.1, 0.15) is 44.7 Å². The lowest BCUT2D eigenvalue weighted by molar-refractivity contribution is 0.589. The Labute approximate surface area is 819 Å². The van der Waals surface area contributed by atoms with Gasteiger partial charge in [0.2, 0.25) is 0 Å². The van der Waals surface area contributed by atoms with E-state index in [2.05, 4.69) is 462 Å². The second-order valence-electron chi connectivity index (χ2n) is 40.4. The Kier molecular flexibility index (Phi) is 20.3. The molecule has 9 nitrogen and oxygen atoms in total. The molecule has 676 valence electrons. The zero-order valence-electron chi connectivity index (χ0n) is 79.1. The van der Waals surface area contributed by atoms with Gasteiger partial charge in [0, 0.05) is 161 Å². The van der Waals surface area contributed by atoms with Crippen molar-refractivity contribution in [2.24, 2.45) is 0 Å². The van der Waals surface area contributed by atoms with Crippen molar-refractivity contribution in [1.82, 2.24) is 13.7 Å². The number of hydrogen-bond donors (Lipinski definition) is 0. The van der Waals surface area contributed by atoms with Crippen molar-refractivity contribution in [3.05, 3.63) is 450 Å². The molecule has 0 aliphatic rings. The molecule has 0 atom stereocenters. The molecule has 0 bridgehead atoms. The highest BCUT2D eigenvalue weighted by Crippen LogP contribution is 2.49. The fourth-order valence-electron chi connectivity index (χ4n) is 21.2. The van der Waals surface area contributed by atoms with E-state index in [0.717, 1.165) is 172 Å². The van der Waals surface area contributed by atoms with Gasteiger partial charge in [-0.15, -0.1) is 0 Å². The molecule has 0 spiro atoms. The number of anilines is 6. The van der Waals surface area contributed by atoms with Crippen molar-refractivity contribution in [1.29, 1.82) is 0 Å². The number of benzene rings is 20. The minimum Gasteiger partial charge on any atom is -0.456 e. The lowest BCUT2D eigenvalue weighted by Crippen LogP contribution is -2.11. The van der Waals surface area contributed by atoms with Crippen LogP contribution in [0.2, 0.25) is 10.0 Å². The maximum absolute atomic E-state index is 6.89. The van der Waals surface area contributed by atoms with E-state index in [1.165, 1.54) is 87.9 Å². The van der Waals surface area contributed by atoms with Crippen molar-refractivity contribution >= 4 is 232 Å². The number of aromatic nitrogens is 3. The quantitative estimate of drug-likeness (QED) is 0.128. The summed E-state index contributed by atoms with van der Waals surface area (Å²) >= 11 is 12.2. The largest absolute Gasteiger partial charge is 0.456 e. The number of furan rings is 4. The highest BCUT2D eigenvalue weighted by Gasteiger charge is 2.27. The Morgan fingerprint density at radius 3 is 0.829 bits per heavy atom. The molecule has 0 N–H and O–H groups in total. The summed E-state index contributed by atoms with van der Waals surface area (Å²) in [5.74, 6) is 0. The van der Waals surface area contributed by atoms with E-state index in [-0.39, 0.29) is 16.2 Å². The molecule has 0 unspecified atom stereocenters. The predicted molar refractivity (Wildman–Crippen MR) is 591 cm³/mol. The lowest BCUT2D eigenvalue weighted by Gasteiger charge is -2.26. The summed E-state index contributed by atoms with van der Waals surface area (Å²) in [6, 6.07) is 148. The van der Waals surface area contributed by atoms with E-state index in [4.69, 9.17) is 40.9 Å². The molecule has 0 aliphatic carbocycles. The van der Waals surface area contributed by atoms with E-state index in [9.17, 15) is 0 Å². The SMILES string of the molecule is CC(C)(C)c1cccc(-n2c3ccccc3c3ccc(Cc4ccccc4)cc32)c1.CC(C)(C)c1cccc(-n2c3ccccc3c3ccc(N(c4ccccc4)c4ccc5c(c4)oc4cc6cc7c(cc6cc45)oc4cc(N(c5ccccc5)c5ccc6c8ccccc8n(-c8cccc(C(C)(C)C)c8)c6c5)ccc47)cc32)c1.Clc1ccc2c(c1)oc1cc3cc4c(cc3cc12)oc1cc(Cl)ccc14. The molecule has 27 aromatic rings. The Balaban J connectivity index is 0.000000148. The molecule has 0 fully saturated rings. The second kappa shape index (κ2) is 33.3. The van der Waals surface area contributed by atoms with Crippen LogP contribution < -0.4 is 9.80 Å². The molecule has 7 heterocycles. The fraction of sp³-hybridized carbons (Fsp3) is 0.101. The van der Waals surface area contributed by atoms with Crippen LogP contribution in [0.1, 0.15) is 90.1 Å². The Hall–Kier alpha value is -16.3. The minimum absolute atomic E-state index is 0.00983. The first-order chi connectivity index (χ1) is 68.0. The average molecular weight is 1850 g/mol. The van der Waals surface area contributed by atoms with Crippen LogP contribution in [0.15, 0.2) is 430 Å². The standard InChI is InChI=1S/C78H60N4O2.C29H27N.C22H10Cl2O2/c1-77(2,3)51-19-17-25-55(43-51)81-69-29-15-13-27-61(69)63-35-31-57(45-71(63)81)79(53-21-9-7-10-22-53)59-33-37-65-67-39-49-42-74-68(40-50(49)41-73(67)83-75(65)47-59)66-38-34-60(48-76(66)84-74)80(54-23-11-8-12-24-54)58-32-36-64-62-28-14-16-30-70(62)82(72(64)46-58)56-26-18-20-52(44-56)78(4,5)6;1-29(2,3)23-12-9-13-24(20-23)30-27-15-8-7-14-25(27)26-17-16-22(19-28(26)30)18-21-10-5-4-6-11-21;23-13-1-3-15-17-5-11-8-20-18(16-4-2-14(24)10-22(16)26-20)6-12(11)7-19(17)25-21(15)9-13/h7-48H,1-6H3;4-17,19-20H,18H2,1-3H3;1-10H. The van der Waals surface area contributed by atoms with Crippen LogP contribution in [-0.2, 0) is 22.7 Å². The van der Waals surface area contributed by atoms with E-state index in [1.54, 1.807) is 0 Å². The number of fused-ring (bicyclic) bond motifs is 23. The van der Waals surface area contributed by atoms with Crippen LogP contribution in [0.4, 0.5) is 34.1 Å². The summed E-state index contributed by atoms with van der Waals surface area (Å²) in [5.41, 5.74) is 30.4. The van der Waals surface area contributed by atoms with Gasteiger partial charge in [-0.2, -0.15) is 0 Å². The summed E-state index contributed by atoms with van der Waals surface area (Å²) < 4.78 is 33.1. The first-order valence-corrected chi connectivity index (χ1v) is 48.8. The van der Waals surface area contributed by atoms with E-state index >= 15 is 0 Å². The van der Waals surface area contributed by atoms with Crippen LogP contribution in [0, 0.1) is 0 Å². The monoisotopic (exact) mass is 1850 g/mol. The zero-order valence-corrected chi connectivity index (χ0v) is 80.6. The van der Waals surface area contributed by atoms with Crippen molar-refractivity contribution in [3.8, 4) is 17.1 Å². The van der Waals surface area contributed by atoms with Gasteiger partial charge < -0.3 is 41.2 Å². The first kappa shape index (κ1) is 85.4. The average Bonchev–Trinajstić information content (AvgIpc) is 1.60. The third kappa shape index (κ3) is 15.0. The number of hydrogen-bond acceptors (Lipinski definition) is 6. The number of para-hydroxylation sites is 5. The summed E-state index contributed by atoms with van der Waals surface area (Å²) in [7, 11) is 0. The topological polar surface area (TPSA) is 73.8 Å². The van der Waals surface area contributed by atoms with E-state index in [1.807, 2.05) is 36.4 Å². The predicted octanol–water partition coefficient (Wildman–Crippen LogP) is 38.0. The van der Waals surface area contributed by atoms with Crippen molar-refractivity contribution in [3.63, 3.8) is 0 Å². The lowest BCUT2D eigenvalue weighted by atomic mass is 9.87. The first-order valence-electron chi connectivity index (χ1n) is 48.0. The van der Waals surface area contributed by atoms with Gasteiger partial charge in [0.05, 0.1) is 33.1 Å². The highest BCUT2D eigenvalue weighted by molar-refractivity contribution is 6.32. The van der Waals surface area contributed by atoms with Crippen LogP contribution in [0.25, 0.3) is 192 Å². The van der Waals surface area contributed by atoms with Gasteiger partial charge in [-0.1, -0.05) is 268 Å². The van der Waals surface area contributed by atoms with Gasteiger partial charge in [0.15, 0.2) is 0 Å². The summed E-state index contributed by atoms with van der Waals surface area (Å²) in [4.78, 5) is 4.68.